The topological polar surface area (TPSA) is 67.3 Å². The van der Waals surface area contributed by atoms with Crippen molar-refractivity contribution in [3.8, 4) is 11.6 Å². The minimum Gasteiger partial charge on any atom is -0.436 e. The summed E-state index contributed by atoms with van der Waals surface area (Å²) < 4.78 is 19.1. The van der Waals surface area contributed by atoms with Crippen molar-refractivity contribution in [3.05, 3.63) is 41.8 Å². The Kier molecular flexibility index (Phi) is 4.84. The molecule has 0 aliphatic rings. The molecule has 0 aliphatic carbocycles. The molecule has 0 atom stereocenters. The largest absolute Gasteiger partial charge is 0.436 e. The minimum absolute atomic E-state index is 0.167. The summed E-state index contributed by atoms with van der Waals surface area (Å²) in [5.41, 5.74) is 0.563. The van der Waals surface area contributed by atoms with E-state index in [2.05, 4.69) is 15.3 Å². The van der Waals surface area contributed by atoms with Crippen molar-refractivity contribution in [2.45, 2.75) is 20.0 Å². The van der Waals surface area contributed by atoms with Gasteiger partial charge in [0.05, 0.1) is 12.8 Å². The first kappa shape index (κ1) is 14.2. The number of nitrogens with zero attached hydrogens (tertiary/aromatic N) is 2. The number of nitrogens with one attached hydrogen (secondary N) is 1. The number of benzene rings is 1. The average molecular weight is 277 g/mol. The summed E-state index contributed by atoms with van der Waals surface area (Å²) in [6.45, 7) is 2.51. The van der Waals surface area contributed by atoms with Gasteiger partial charge in [-0.25, -0.2) is 4.98 Å². The average Bonchev–Trinajstić information content (AvgIpc) is 2.48. The maximum Gasteiger partial charge on any atom is 0.260 e. The van der Waals surface area contributed by atoms with Gasteiger partial charge in [0.15, 0.2) is 0 Å². The van der Waals surface area contributed by atoms with E-state index in [-0.39, 0.29) is 12.5 Å². The van der Waals surface area contributed by atoms with E-state index in [0.29, 0.717) is 23.8 Å². The normalized spacial score (nSPS) is 10.3. The second-order valence-corrected chi connectivity index (χ2v) is 4.14. The first-order chi connectivity index (χ1) is 9.74. The molecule has 0 radical (unpaired) electrons. The molecule has 0 spiro atoms. The summed E-state index contributed by atoms with van der Waals surface area (Å²) in [6.07, 6.45) is 1.96. The molecule has 1 heterocycles. The van der Waals surface area contributed by atoms with Crippen LogP contribution in [0.1, 0.15) is 18.9 Å². The van der Waals surface area contributed by atoms with Gasteiger partial charge in [0.1, 0.15) is 5.75 Å². The summed E-state index contributed by atoms with van der Waals surface area (Å²) in [4.78, 5) is 7.81. The highest BCUT2D eigenvalue weighted by molar-refractivity contribution is 5.37. The monoisotopic (exact) mass is 277 g/mol. The number of aliphatic hydroxyl groups is 1. The van der Waals surface area contributed by atoms with E-state index in [0.717, 1.165) is 12.6 Å². The van der Waals surface area contributed by atoms with E-state index in [9.17, 15) is 9.50 Å². The van der Waals surface area contributed by atoms with Gasteiger partial charge >= 0.3 is 0 Å². The van der Waals surface area contributed by atoms with Gasteiger partial charge in [0, 0.05) is 12.1 Å². The molecule has 0 unspecified atom stereocenters. The highest BCUT2D eigenvalue weighted by atomic mass is 19.1. The molecule has 2 rings (SSSR count). The van der Waals surface area contributed by atoms with Crippen molar-refractivity contribution in [2.75, 3.05) is 11.9 Å². The number of halogens is 1. The van der Waals surface area contributed by atoms with Crippen molar-refractivity contribution >= 4 is 5.95 Å². The number of aliphatic hydroxyl groups excluding tert-OH is 1. The molecular formula is C14H16FN3O2. The molecule has 20 heavy (non-hydrogen) atoms. The van der Waals surface area contributed by atoms with Crippen LogP contribution >= 0.6 is 0 Å². The van der Waals surface area contributed by atoms with Gasteiger partial charge in [-0.1, -0.05) is 25.1 Å². The molecule has 2 aromatic rings. The maximum atomic E-state index is 13.7. The SMILES string of the molecule is CCCNc1ncc(F)c(Oc2ccccc2CO)n1. The van der Waals surface area contributed by atoms with Gasteiger partial charge in [0.25, 0.3) is 5.88 Å². The van der Waals surface area contributed by atoms with Gasteiger partial charge in [-0.15, -0.1) is 0 Å². The maximum absolute atomic E-state index is 13.7. The van der Waals surface area contributed by atoms with Gasteiger partial charge in [-0.05, 0) is 12.5 Å². The van der Waals surface area contributed by atoms with Crippen molar-refractivity contribution in [2.24, 2.45) is 0 Å². The second-order valence-electron chi connectivity index (χ2n) is 4.14. The van der Waals surface area contributed by atoms with Crippen LogP contribution in [0.5, 0.6) is 11.6 Å². The van der Waals surface area contributed by atoms with E-state index in [1.165, 1.54) is 0 Å². The number of aromatic nitrogens is 2. The smallest absolute Gasteiger partial charge is 0.260 e. The first-order valence-electron chi connectivity index (χ1n) is 6.37. The quantitative estimate of drug-likeness (QED) is 0.849. The van der Waals surface area contributed by atoms with Crippen LogP contribution < -0.4 is 10.1 Å². The van der Waals surface area contributed by atoms with Gasteiger partial charge in [-0.3, -0.25) is 0 Å². The summed E-state index contributed by atoms with van der Waals surface area (Å²) in [5.74, 6) is -0.141. The van der Waals surface area contributed by atoms with Crippen LogP contribution in [-0.2, 0) is 6.61 Å². The van der Waals surface area contributed by atoms with E-state index < -0.39 is 5.82 Å². The highest BCUT2D eigenvalue weighted by Gasteiger charge is 2.11. The van der Waals surface area contributed by atoms with Crippen LogP contribution in [0.15, 0.2) is 30.5 Å². The van der Waals surface area contributed by atoms with Crippen molar-refractivity contribution in [1.29, 1.82) is 0 Å². The number of para-hydroxylation sites is 1. The van der Waals surface area contributed by atoms with Crippen LogP contribution in [0.2, 0.25) is 0 Å². The molecule has 0 saturated carbocycles. The van der Waals surface area contributed by atoms with Crippen molar-refractivity contribution < 1.29 is 14.2 Å². The predicted molar refractivity (Wildman–Crippen MR) is 73.2 cm³/mol. The number of hydrogen-bond acceptors (Lipinski definition) is 5. The Morgan fingerprint density at radius 1 is 1.35 bits per heavy atom. The fourth-order valence-corrected chi connectivity index (χ4v) is 1.58. The molecule has 6 heteroatoms. The molecule has 1 aromatic carbocycles. The first-order valence-corrected chi connectivity index (χ1v) is 6.37. The zero-order valence-electron chi connectivity index (χ0n) is 11.1. The fraction of sp³-hybridized carbons (Fsp3) is 0.286. The zero-order chi connectivity index (χ0) is 14.4. The molecular weight excluding hydrogens is 261 g/mol. The van der Waals surface area contributed by atoms with Crippen molar-refractivity contribution in [1.82, 2.24) is 9.97 Å². The summed E-state index contributed by atoms with van der Waals surface area (Å²) in [7, 11) is 0. The van der Waals surface area contributed by atoms with Crippen molar-refractivity contribution in [3.63, 3.8) is 0 Å². The minimum atomic E-state index is -0.653. The third-order valence-corrected chi connectivity index (χ3v) is 2.59. The molecule has 0 bridgehead atoms. The lowest BCUT2D eigenvalue weighted by molar-refractivity contribution is 0.275. The molecule has 0 saturated heterocycles. The number of ether oxygens (including phenoxy) is 1. The zero-order valence-corrected chi connectivity index (χ0v) is 11.1. The second kappa shape index (κ2) is 6.81. The molecule has 106 valence electrons. The van der Waals surface area contributed by atoms with Gasteiger partial charge in [0.2, 0.25) is 11.8 Å². The summed E-state index contributed by atoms with van der Waals surface area (Å²) in [6, 6.07) is 6.85. The van der Waals surface area contributed by atoms with Crippen LogP contribution in [0.25, 0.3) is 0 Å². The van der Waals surface area contributed by atoms with Crippen LogP contribution in [-0.4, -0.2) is 21.6 Å². The Morgan fingerprint density at radius 2 is 2.15 bits per heavy atom. The number of hydrogen-bond donors (Lipinski definition) is 2. The molecule has 2 N–H and O–H groups in total. The van der Waals surface area contributed by atoms with Crippen LogP contribution in [0.4, 0.5) is 10.3 Å². The Labute approximate surface area is 116 Å². The van der Waals surface area contributed by atoms with E-state index >= 15 is 0 Å². The summed E-state index contributed by atoms with van der Waals surface area (Å²) >= 11 is 0. The molecule has 5 nitrogen and oxygen atoms in total. The lowest BCUT2D eigenvalue weighted by Gasteiger charge is -2.10. The van der Waals surface area contributed by atoms with Gasteiger partial charge in [-0.2, -0.15) is 9.37 Å². The standard InChI is InChI=1S/C14H16FN3O2/c1-2-7-16-14-17-8-11(15)13(18-14)20-12-6-4-3-5-10(12)9-19/h3-6,8,19H,2,7,9H2,1H3,(H,16,17,18). The molecule has 0 amide bonds. The lowest BCUT2D eigenvalue weighted by atomic mass is 10.2. The molecule has 0 aliphatic heterocycles. The fourth-order valence-electron chi connectivity index (χ4n) is 1.58. The van der Waals surface area contributed by atoms with E-state index in [4.69, 9.17) is 4.74 Å². The number of rotatable bonds is 6. The third-order valence-electron chi connectivity index (χ3n) is 2.59. The Morgan fingerprint density at radius 3 is 2.90 bits per heavy atom. The third kappa shape index (κ3) is 3.42. The summed E-state index contributed by atoms with van der Waals surface area (Å²) in [5, 5.41) is 12.2. The van der Waals surface area contributed by atoms with Gasteiger partial charge < -0.3 is 15.2 Å². The molecule has 0 fully saturated rings. The van der Waals surface area contributed by atoms with E-state index in [1.807, 2.05) is 6.92 Å². The lowest BCUT2D eigenvalue weighted by Crippen LogP contribution is -2.06. The Balaban J connectivity index is 2.23. The highest BCUT2D eigenvalue weighted by Crippen LogP contribution is 2.26. The predicted octanol–water partition coefficient (Wildman–Crippen LogP) is 2.72. The molecule has 1 aromatic heterocycles. The Hall–Kier alpha value is -2.21. The number of anilines is 1. The van der Waals surface area contributed by atoms with Crippen LogP contribution in [0.3, 0.4) is 0 Å². The Bertz CT molecular complexity index is 578. The van der Waals surface area contributed by atoms with E-state index in [1.54, 1.807) is 24.3 Å². The van der Waals surface area contributed by atoms with Crippen LogP contribution in [0, 0.1) is 5.82 Å².